The van der Waals surface area contributed by atoms with E-state index in [1.165, 1.54) is 24.4 Å². The minimum absolute atomic E-state index is 0.0350. The van der Waals surface area contributed by atoms with Crippen molar-refractivity contribution in [3.63, 3.8) is 0 Å². The third kappa shape index (κ3) is 6.40. The van der Waals surface area contributed by atoms with Gasteiger partial charge in [-0.15, -0.1) is 0 Å². The first-order valence-corrected chi connectivity index (χ1v) is 13.5. The Bertz CT molecular complexity index is 1520. The van der Waals surface area contributed by atoms with Gasteiger partial charge in [0.1, 0.15) is 11.9 Å². The molecular weight excluding hydrogens is 538 g/mol. The lowest BCUT2D eigenvalue weighted by molar-refractivity contribution is 0.00557. The number of piperidine rings is 1. The summed E-state index contributed by atoms with van der Waals surface area (Å²) in [6.07, 6.45) is 6.18. The number of fused-ring (bicyclic) bond motifs is 1. The van der Waals surface area contributed by atoms with E-state index >= 15 is 0 Å². The largest absolute Gasteiger partial charge is 0.385 e. The fourth-order valence-electron chi connectivity index (χ4n) is 4.47. The van der Waals surface area contributed by atoms with Gasteiger partial charge in [-0.2, -0.15) is 5.26 Å². The highest BCUT2D eigenvalue weighted by atomic mass is 35.5. The van der Waals surface area contributed by atoms with E-state index in [1.54, 1.807) is 18.5 Å². The van der Waals surface area contributed by atoms with E-state index in [9.17, 15) is 14.8 Å². The molecule has 202 valence electrons. The van der Waals surface area contributed by atoms with Crippen LogP contribution in [0.1, 0.15) is 43.4 Å². The molecule has 0 atom stereocenters. The normalized spacial score (nSPS) is 14.2. The summed E-state index contributed by atoms with van der Waals surface area (Å²) in [6, 6.07) is 12.0. The summed E-state index contributed by atoms with van der Waals surface area (Å²) in [4.78, 5) is 8.71. The third-order valence-corrected chi connectivity index (χ3v) is 7.07. The highest BCUT2D eigenvalue weighted by Crippen LogP contribution is 2.36. The van der Waals surface area contributed by atoms with E-state index < -0.39 is 11.4 Å². The number of anilines is 3. The van der Waals surface area contributed by atoms with E-state index in [1.807, 2.05) is 26.0 Å². The zero-order chi connectivity index (χ0) is 28.0. The minimum atomic E-state index is -0.885. The SMILES string of the molecule is CC.N#Cc1cnc2c(Cl)cc(NCc3cncc(C4(O)CCNCC4)c3)cc2c1Nc1ccc(F)c(Cl)c1. The molecule has 4 aromatic rings. The fourth-order valence-corrected chi connectivity index (χ4v) is 4.92. The summed E-state index contributed by atoms with van der Waals surface area (Å²) in [5, 5.41) is 31.5. The van der Waals surface area contributed by atoms with Crippen LogP contribution in [0.4, 0.5) is 21.5 Å². The van der Waals surface area contributed by atoms with Crippen molar-refractivity contribution in [2.75, 3.05) is 23.7 Å². The van der Waals surface area contributed by atoms with E-state index in [4.69, 9.17) is 23.2 Å². The van der Waals surface area contributed by atoms with Crippen molar-refractivity contribution in [3.05, 3.63) is 87.5 Å². The molecule has 1 aliphatic heterocycles. The molecule has 39 heavy (non-hydrogen) atoms. The maximum atomic E-state index is 13.6. The standard InChI is InChI=1S/C27H23Cl2FN6O.C2H6/c28-22-9-19(1-2-24(22)30)36-25-17(11-31)14-35-26-21(25)8-20(10-23(26)29)34-13-16-7-18(15-33-12-16)27(37)3-5-32-6-4-27;1-2/h1-2,7-10,12,14-15,32,34,37H,3-6,13H2,(H,35,36);1-2H3. The summed E-state index contributed by atoms with van der Waals surface area (Å²) >= 11 is 12.5. The molecule has 0 spiro atoms. The van der Waals surface area contributed by atoms with Crippen LogP contribution in [-0.2, 0) is 12.1 Å². The van der Waals surface area contributed by atoms with Crippen molar-refractivity contribution in [2.45, 2.75) is 38.8 Å². The van der Waals surface area contributed by atoms with Crippen LogP contribution >= 0.6 is 23.2 Å². The molecule has 1 saturated heterocycles. The Hall–Kier alpha value is -3.48. The van der Waals surface area contributed by atoms with Gasteiger partial charge in [0.15, 0.2) is 0 Å². The fraction of sp³-hybridized carbons (Fsp3) is 0.276. The molecule has 5 rings (SSSR count). The molecule has 0 unspecified atom stereocenters. The molecule has 10 heteroatoms. The Morgan fingerprint density at radius 3 is 2.51 bits per heavy atom. The Balaban J connectivity index is 0.00000172. The number of aromatic nitrogens is 2. The second kappa shape index (κ2) is 12.6. The van der Waals surface area contributed by atoms with E-state index in [0.717, 1.165) is 24.2 Å². The second-order valence-corrected chi connectivity index (χ2v) is 9.80. The highest BCUT2D eigenvalue weighted by Gasteiger charge is 2.31. The Kier molecular flexibility index (Phi) is 9.20. The van der Waals surface area contributed by atoms with Gasteiger partial charge in [-0.3, -0.25) is 9.97 Å². The van der Waals surface area contributed by atoms with Gasteiger partial charge in [-0.05, 0) is 67.9 Å². The number of nitrogens with zero attached hydrogens (tertiary/aromatic N) is 3. The van der Waals surface area contributed by atoms with Gasteiger partial charge in [0.05, 0.1) is 32.4 Å². The number of nitriles is 1. The third-order valence-electron chi connectivity index (χ3n) is 6.49. The summed E-state index contributed by atoms with van der Waals surface area (Å²) in [7, 11) is 0. The molecule has 2 aromatic carbocycles. The summed E-state index contributed by atoms with van der Waals surface area (Å²) in [6.45, 7) is 5.96. The molecule has 7 nitrogen and oxygen atoms in total. The van der Waals surface area contributed by atoms with Gasteiger partial charge in [0.2, 0.25) is 0 Å². The first-order valence-electron chi connectivity index (χ1n) is 12.7. The monoisotopic (exact) mass is 566 g/mol. The smallest absolute Gasteiger partial charge is 0.141 e. The first-order chi connectivity index (χ1) is 18.9. The van der Waals surface area contributed by atoms with Gasteiger partial charge in [0.25, 0.3) is 0 Å². The van der Waals surface area contributed by atoms with E-state index in [2.05, 4.69) is 32.0 Å². The van der Waals surface area contributed by atoms with E-state index in [-0.39, 0.29) is 5.02 Å². The number of aliphatic hydroxyl groups is 1. The van der Waals surface area contributed by atoms with Gasteiger partial charge in [0, 0.05) is 47.5 Å². The number of hydrogen-bond acceptors (Lipinski definition) is 7. The molecule has 0 amide bonds. The van der Waals surface area contributed by atoms with E-state index in [0.29, 0.717) is 57.9 Å². The van der Waals surface area contributed by atoms with Crippen molar-refractivity contribution in [2.24, 2.45) is 0 Å². The van der Waals surface area contributed by atoms with Crippen LogP contribution < -0.4 is 16.0 Å². The maximum absolute atomic E-state index is 13.6. The molecule has 0 saturated carbocycles. The average Bonchev–Trinajstić information content (AvgIpc) is 2.96. The zero-order valence-corrected chi connectivity index (χ0v) is 23.2. The number of halogens is 3. The average molecular weight is 567 g/mol. The first kappa shape index (κ1) is 28.5. The second-order valence-electron chi connectivity index (χ2n) is 8.98. The Labute approximate surface area is 237 Å². The molecule has 1 aliphatic rings. The van der Waals surface area contributed by atoms with Crippen molar-refractivity contribution < 1.29 is 9.50 Å². The van der Waals surface area contributed by atoms with Crippen molar-refractivity contribution >= 4 is 51.2 Å². The Morgan fingerprint density at radius 1 is 1.05 bits per heavy atom. The number of hydrogen-bond donors (Lipinski definition) is 4. The zero-order valence-electron chi connectivity index (χ0n) is 21.7. The minimum Gasteiger partial charge on any atom is -0.385 e. The van der Waals surface area contributed by atoms with Crippen LogP contribution in [0.3, 0.4) is 0 Å². The van der Waals surface area contributed by atoms with Crippen LogP contribution in [0.25, 0.3) is 10.9 Å². The number of rotatable bonds is 6. The lowest BCUT2D eigenvalue weighted by Gasteiger charge is -2.33. The molecule has 0 aliphatic carbocycles. The predicted molar refractivity (Wildman–Crippen MR) is 155 cm³/mol. The summed E-state index contributed by atoms with van der Waals surface area (Å²) < 4.78 is 13.6. The topological polar surface area (TPSA) is 106 Å². The molecule has 4 N–H and O–H groups in total. The van der Waals surface area contributed by atoms with Gasteiger partial charge >= 0.3 is 0 Å². The molecule has 1 fully saturated rings. The molecule has 2 aromatic heterocycles. The maximum Gasteiger partial charge on any atom is 0.141 e. The summed E-state index contributed by atoms with van der Waals surface area (Å²) in [5.74, 6) is -0.535. The molecule has 0 radical (unpaired) electrons. The van der Waals surface area contributed by atoms with Gasteiger partial charge in [-0.25, -0.2) is 4.39 Å². The Morgan fingerprint density at radius 2 is 1.79 bits per heavy atom. The molecular formula is C29H29Cl2FN6O. The summed E-state index contributed by atoms with van der Waals surface area (Å²) in [5.41, 5.74) is 3.35. The quantitative estimate of drug-likeness (QED) is 0.201. The number of pyridine rings is 2. The van der Waals surface area contributed by atoms with Crippen LogP contribution in [0, 0.1) is 17.1 Å². The van der Waals surface area contributed by atoms with Crippen LogP contribution in [0.15, 0.2) is 55.0 Å². The van der Waals surface area contributed by atoms with Crippen LogP contribution in [-0.4, -0.2) is 28.2 Å². The highest BCUT2D eigenvalue weighted by molar-refractivity contribution is 6.36. The number of benzene rings is 2. The van der Waals surface area contributed by atoms with Crippen LogP contribution in [0.2, 0.25) is 10.0 Å². The molecule has 0 bridgehead atoms. The van der Waals surface area contributed by atoms with Crippen LogP contribution in [0.5, 0.6) is 0 Å². The van der Waals surface area contributed by atoms with Gasteiger partial charge in [-0.1, -0.05) is 37.0 Å². The lowest BCUT2D eigenvalue weighted by Crippen LogP contribution is -2.39. The van der Waals surface area contributed by atoms with Gasteiger partial charge < -0.3 is 21.1 Å². The lowest BCUT2D eigenvalue weighted by atomic mass is 9.85. The molecule has 3 heterocycles. The number of nitrogens with one attached hydrogen (secondary N) is 3. The van der Waals surface area contributed by atoms with Crippen molar-refractivity contribution in [1.82, 2.24) is 15.3 Å². The van der Waals surface area contributed by atoms with Crippen molar-refractivity contribution in [1.29, 1.82) is 5.26 Å². The van der Waals surface area contributed by atoms with Crippen molar-refractivity contribution in [3.8, 4) is 6.07 Å². The predicted octanol–water partition coefficient (Wildman–Crippen LogP) is 6.90.